The molecular weight excluding hydrogens is 188 g/mol. The first-order chi connectivity index (χ1) is 7.09. The van der Waals surface area contributed by atoms with Crippen LogP contribution in [0.15, 0.2) is 18.2 Å². The fourth-order valence-electron chi connectivity index (χ4n) is 2.20. The summed E-state index contributed by atoms with van der Waals surface area (Å²) >= 11 is 0. The molecule has 1 aliphatic rings. The molecule has 1 aliphatic carbocycles. The summed E-state index contributed by atoms with van der Waals surface area (Å²) in [5.74, 6) is 0. The Hall–Kier alpha value is -1.09. The van der Waals surface area contributed by atoms with Gasteiger partial charge in [0.2, 0.25) is 0 Å². The number of aromatic nitrogens is 2. The highest BCUT2D eigenvalue weighted by Crippen LogP contribution is 2.25. The molecule has 1 atom stereocenters. The van der Waals surface area contributed by atoms with Crippen LogP contribution in [0.3, 0.4) is 0 Å². The monoisotopic (exact) mass is 206 g/mol. The molecule has 0 aromatic carbocycles. The zero-order valence-corrected chi connectivity index (χ0v) is 9.40. The van der Waals surface area contributed by atoms with Gasteiger partial charge in [-0.2, -0.15) is 5.10 Å². The summed E-state index contributed by atoms with van der Waals surface area (Å²) in [6.45, 7) is 1.98. The smallest absolute Gasteiger partial charge is 0.0882 e. The van der Waals surface area contributed by atoms with Crippen LogP contribution in [-0.2, 0) is 13.5 Å². The van der Waals surface area contributed by atoms with Gasteiger partial charge in [-0.25, -0.2) is 0 Å². The summed E-state index contributed by atoms with van der Waals surface area (Å²) in [6.07, 6.45) is 7.71. The topological polar surface area (TPSA) is 38.0 Å². The molecule has 1 heterocycles. The number of aliphatic hydroxyl groups is 1. The van der Waals surface area contributed by atoms with Crippen molar-refractivity contribution < 1.29 is 5.11 Å². The first-order valence-corrected chi connectivity index (χ1v) is 5.49. The lowest BCUT2D eigenvalue weighted by Crippen LogP contribution is -2.31. The molecule has 1 aromatic heterocycles. The van der Waals surface area contributed by atoms with Crippen molar-refractivity contribution >= 4 is 0 Å². The van der Waals surface area contributed by atoms with E-state index in [4.69, 9.17) is 0 Å². The average Bonchev–Trinajstić information content (AvgIpc) is 2.45. The van der Waals surface area contributed by atoms with E-state index in [1.807, 2.05) is 30.8 Å². The van der Waals surface area contributed by atoms with Gasteiger partial charge >= 0.3 is 0 Å². The number of nitrogens with zero attached hydrogens (tertiary/aromatic N) is 2. The predicted octanol–water partition coefficient (Wildman–Crippen LogP) is 1.74. The Morgan fingerprint density at radius 2 is 2.40 bits per heavy atom. The Morgan fingerprint density at radius 3 is 2.93 bits per heavy atom. The Balaban J connectivity index is 2.17. The molecule has 1 aromatic rings. The molecule has 0 aliphatic heterocycles. The van der Waals surface area contributed by atoms with Crippen molar-refractivity contribution in [2.24, 2.45) is 7.05 Å². The molecule has 0 amide bonds. The predicted molar refractivity (Wildman–Crippen MR) is 59.6 cm³/mol. The van der Waals surface area contributed by atoms with Crippen molar-refractivity contribution in [2.45, 2.75) is 38.2 Å². The molecule has 3 nitrogen and oxygen atoms in total. The lowest BCUT2D eigenvalue weighted by atomic mass is 9.87. The molecular formula is C12H18N2O. The fraction of sp³-hybridized carbons (Fsp3) is 0.583. The molecule has 0 bridgehead atoms. The van der Waals surface area contributed by atoms with Gasteiger partial charge in [-0.05, 0) is 32.3 Å². The minimum Gasteiger partial charge on any atom is -0.385 e. The molecule has 0 saturated heterocycles. The largest absolute Gasteiger partial charge is 0.385 e. The zero-order chi connectivity index (χ0) is 10.9. The van der Waals surface area contributed by atoms with E-state index < -0.39 is 5.60 Å². The second-order valence-electron chi connectivity index (χ2n) is 4.48. The van der Waals surface area contributed by atoms with Gasteiger partial charge in [-0.15, -0.1) is 0 Å². The minimum absolute atomic E-state index is 0.654. The average molecular weight is 206 g/mol. The number of hydrogen-bond acceptors (Lipinski definition) is 2. The molecule has 1 N–H and O–H groups in total. The molecule has 0 saturated carbocycles. The first kappa shape index (κ1) is 10.4. The number of aryl methyl sites for hydroxylation is 2. The van der Waals surface area contributed by atoms with Crippen LogP contribution in [-0.4, -0.2) is 20.5 Å². The second-order valence-corrected chi connectivity index (χ2v) is 4.48. The van der Waals surface area contributed by atoms with E-state index in [0.717, 1.165) is 30.7 Å². The van der Waals surface area contributed by atoms with Crippen LogP contribution >= 0.6 is 0 Å². The van der Waals surface area contributed by atoms with E-state index >= 15 is 0 Å². The summed E-state index contributed by atoms with van der Waals surface area (Å²) in [6, 6.07) is 2.04. The van der Waals surface area contributed by atoms with Gasteiger partial charge in [0.1, 0.15) is 0 Å². The van der Waals surface area contributed by atoms with E-state index in [-0.39, 0.29) is 0 Å². The molecule has 3 heteroatoms. The number of rotatable bonds is 2. The third-order valence-corrected chi connectivity index (χ3v) is 2.99. The van der Waals surface area contributed by atoms with Gasteiger partial charge in [0.25, 0.3) is 0 Å². The third-order valence-electron chi connectivity index (χ3n) is 2.99. The van der Waals surface area contributed by atoms with E-state index in [1.54, 1.807) is 0 Å². The van der Waals surface area contributed by atoms with E-state index in [1.165, 1.54) is 0 Å². The van der Waals surface area contributed by atoms with E-state index in [2.05, 4.69) is 11.2 Å². The molecule has 15 heavy (non-hydrogen) atoms. The van der Waals surface area contributed by atoms with Crippen LogP contribution in [0.4, 0.5) is 0 Å². The molecule has 1 unspecified atom stereocenters. The molecule has 82 valence electrons. The van der Waals surface area contributed by atoms with Crippen molar-refractivity contribution in [3.05, 3.63) is 29.6 Å². The summed E-state index contributed by atoms with van der Waals surface area (Å²) in [4.78, 5) is 0. The minimum atomic E-state index is -0.654. The van der Waals surface area contributed by atoms with Gasteiger partial charge in [-0.3, -0.25) is 4.68 Å². The van der Waals surface area contributed by atoms with Crippen LogP contribution in [0.25, 0.3) is 0 Å². The first-order valence-electron chi connectivity index (χ1n) is 5.49. The molecule has 2 rings (SSSR count). The second kappa shape index (κ2) is 3.81. The van der Waals surface area contributed by atoms with Gasteiger partial charge in [0, 0.05) is 19.2 Å². The highest BCUT2D eigenvalue weighted by molar-refractivity contribution is 5.16. The van der Waals surface area contributed by atoms with Gasteiger partial charge in [0.05, 0.1) is 11.3 Å². The van der Waals surface area contributed by atoms with Crippen molar-refractivity contribution in [2.75, 3.05) is 0 Å². The molecule has 0 fully saturated rings. The SMILES string of the molecule is Cc1cc(CC2(O)C=CCCC2)n(C)n1. The molecule has 0 radical (unpaired) electrons. The number of allylic oxidation sites excluding steroid dienone is 1. The quantitative estimate of drug-likeness (QED) is 0.748. The maximum Gasteiger partial charge on any atom is 0.0882 e. The van der Waals surface area contributed by atoms with Gasteiger partial charge in [0.15, 0.2) is 0 Å². The lowest BCUT2D eigenvalue weighted by molar-refractivity contribution is 0.0731. The standard InChI is InChI=1S/C12H18N2O/c1-10-8-11(14(2)13-10)9-12(15)6-4-3-5-7-12/h4,6,8,15H,3,5,7,9H2,1-2H3. The van der Waals surface area contributed by atoms with Crippen LogP contribution in [0.5, 0.6) is 0 Å². The maximum absolute atomic E-state index is 10.3. The van der Waals surface area contributed by atoms with Crippen molar-refractivity contribution in [3.8, 4) is 0 Å². The van der Waals surface area contributed by atoms with Crippen LogP contribution in [0.2, 0.25) is 0 Å². The van der Waals surface area contributed by atoms with E-state index in [0.29, 0.717) is 6.42 Å². The number of hydrogen-bond donors (Lipinski definition) is 1. The van der Waals surface area contributed by atoms with Gasteiger partial charge < -0.3 is 5.11 Å². The zero-order valence-electron chi connectivity index (χ0n) is 9.40. The van der Waals surface area contributed by atoms with Crippen molar-refractivity contribution in [1.29, 1.82) is 0 Å². The Bertz CT molecular complexity index is 381. The summed E-state index contributed by atoms with van der Waals surface area (Å²) in [5, 5.41) is 14.6. The van der Waals surface area contributed by atoms with Crippen LogP contribution in [0.1, 0.15) is 30.7 Å². The summed E-state index contributed by atoms with van der Waals surface area (Å²) in [5.41, 5.74) is 1.45. The Labute approximate surface area is 90.4 Å². The summed E-state index contributed by atoms with van der Waals surface area (Å²) < 4.78 is 1.86. The van der Waals surface area contributed by atoms with Crippen LogP contribution < -0.4 is 0 Å². The Morgan fingerprint density at radius 1 is 1.60 bits per heavy atom. The maximum atomic E-state index is 10.3. The van der Waals surface area contributed by atoms with Gasteiger partial charge in [-0.1, -0.05) is 12.2 Å². The molecule has 0 spiro atoms. The van der Waals surface area contributed by atoms with Crippen molar-refractivity contribution in [3.63, 3.8) is 0 Å². The third kappa shape index (κ3) is 2.29. The lowest BCUT2D eigenvalue weighted by Gasteiger charge is -2.27. The highest BCUT2D eigenvalue weighted by Gasteiger charge is 2.26. The normalized spacial score (nSPS) is 25.8. The Kier molecular flexibility index (Phi) is 2.65. The fourth-order valence-corrected chi connectivity index (χ4v) is 2.20. The van der Waals surface area contributed by atoms with E-state index in [9.17, 15) is 5.11 Å². The van der Waals surface area contributed by atoms with Crippen molar-refractivity contribution in [1.82, 2.24) is 9.78 Å². The van der Waals surface area contributed by atoms with Crippen LogP contribution in [0, 0.1) is 6.92 Å². The summed E-state index contributed by atoms with van der Waals surface area (Å²) in [7, 11) is 1.93. The highest BCUT2D eigenvalue weighted by atomic mass is 16.3.